The van der Waals surface area contributed by atoms with Crippen molar-refractivity contribution in [2.24, 2.45) is 0 Å². The van der Waals surface area contributed by atoms with Gasteiger partial charge in [-0.25, -0.2) is 0 Å². The summed E-state index contributed by atoms with van der Waals surface area (Å²) in [5.74, 6) is 0. The van der Waals surface area contributed by atoms with Gasteiger partial charge in [-0.2, -0.15) is 0 Å². The highest BCUT2D eigenvalue weighted by atomic mass is 16.1. The van der Waals surface area contributed by atoms with E-state index in [-0.39, 0.29) is 11.1 Å². The van der Waals surface area contributed by atoms with Crippen molar-refractivity contribution in [1.82, 2.24) is 4.98 Å². The zero-order chi connectivity index (χ0) is 13.1. The second kappa shape index (κ2) is 9.09. The zero-order valence-corrected chi connectivity index (χ0v) is 9.98. The van der Waals surface area contributed by atoms with Crippen LogP contribution in [0.4, 0.5) is 0 Å². The first-order valence-electron chi connectivity index (χ1n) is 5.26. The number of rotatable bonds is 4. The summed E-state index contributed by atoms with van der Waals surface area (Å²) in [6.45, 7) is 9.30. The van der Waals surface area contributed by atoms with Crippen LogP contribution < -0.4 is 5.56 Å². The summed E-state index contributed by atoms with van der Waals surface area (Å²) in [6, 6.07) is 3.07. The number of hydrogen-bond donors (Lipinski definition) is 1. The van der Waals surface area contributed by atoms with Crippen LogP contribution >= 0.6 is 0 Å². The molecule has 0 fully saturated rings. The minimum absolute atomic E-state index is 0.164. The molecule has 90 valence electrons. The van der Waals surface area contributed by atoms with E-state index in [4.69, 9.17) is 0 Å². The van der Waals surface area contributed by atoms with E-state index in [1.54, 1.807) is 12.1 Å². The van der Waals surface area contributed by atoms with E-state index in [0.717, 1.165) is 6.42 Å². The van der Waals surface area contributed by atoms with Gasteiger partial charge in [0, 0.05) is 6.20 Å². The fourth-order valence-electron chi connectivity index (χ4n) is 1.01. The van der Waals surface area contributed by atoms with E-state index in [1.165, 1.54) is 17.8 Å². The molecule has 0 saturated carbocycles. The fraction of sp³-hybridized carbons (Fsp3) is 0.143. The van der Waals surface area contributed by atoms with Crippen molar-refractivity contribution in [2.75, 3.05) is 0 Å². The van der Waals surface area contributed by atoms with Gasteiger partial charge in [0.1, 0.15) is 0 Å². The molecule has 0 unspecified atom stereocenters. The molecule has 0 atom stereocenters. The van der Waals surface area contributed by atoms with Gasteiger partial charge in [-0.3, -0.25) is 9.59 Å². The highest BCUT2D eigenvalue weighted by molar-refractivity contribution is 5.73. The van der Waals surface area contributed by atoms with E-state index in [0.29, 0.717) is 6.29 Å². The van der Waals surface area contributed by atoms with Gasteiger partial charge in [-0.15, -0.1) is 0 Å². The molecule has 1 rings (SSSR count). The molecule has 0 aliphatic rings. The van der Waals surface area contributed by atoms with Crippen LogP contribution in [-0.2, 0) is 0 Å². The molecule has 0 aromatic carbocycles. The maximum atomic E-state index is 10.6. The third-order valence-corrected chi connectivity index (χ3v) is 1.98. The number of carbonyl (C=O) groups is 1. The molecule has 0 spiro atoms. The first-order valence-corrected chi connectivity index (χ1v) is 5.26. The molecule has 0 bridgehead atoms. The SMILES string of the molecule is C=C/C=C(\C=C)CC.O=Cc1ccc[nH]c1=O. The lowest BCUT2D eigenvalue weighted by Crippen LogP contribution is -2.09. The minimum atomic E-state index is -0.340. The maximum Gasteiger partial charge on any atom is 0.258 e. The molecule has 0 saturated heterocycles. The van der Waals surface area contributed by atoms with Gasteiger partial charge in [0.15, 0.2) is 6.29 Å². The summed E-state index contributed by atoms with van der Waals surface area (Å²) in [7, 11) is 0. The first kappa shape index (κ1) is 14.8. The maximum absolute atomic E-state index is 10.6. The van der Waals surface area contributed by atoms with Crippen LogP contribution in [0, 0.1) is 0 Å². The Kier molecular flexibility index (Phi) is 7.94. The zero-order valence-electron chi connectivity index (χ0n) is 9.98. The van der Waals surface area contributed by atoms with Gasteiger partial charge >= 0.3 is 0 Å². The molecule has 3 heteroatoms. The van der Waals surface area contributed by atoms with Crippen LogP contribution in [0.3, 0.4) is 0 Å². The molecule has 0 radical (unpaired) electrons. The van der Waals surface area contributed by atoms with Gasteiger partial charge in [-0.05, 0) is 24.1 Å². The first-order chi connectivity index (χ1) is 8.19. The molecule has 1 aromatic heterocycles. The second-order valence-corrected chi connectivity index (χ2v) is 3.11. The Bertz CT molecular complexity index is 455. The number of carbonyl (C=O) groups excluding carboxylic acids is 1. The second-order valence-electron chi connectivity index (χ2n) is 3.11. The Morgan fingerprint density at radius 3 is 2.47 bits per heavy atom. The van der Waals surface area contributed by atoms with Crippen LogP contribution in [0.1, 0.15) is 23.7 Å². The van der Waals surface area contributed by atoms with Crippen LogP contribution in [0.2, 0.25) is 0 Å². The quantitative estimate of drug-likeness (QED) is 0.640. The van der Waals surface area contributed by atoms with Crippen molar-refractivity contribution in [2.45, 2.75) is 13.3 Å². The summed E-state index contributed by atoms with van der Waals surface area (Å²) in [4.78, 5) is 22.9. The Balaban J connectivity index is 0.000000304. The average molecular weight is 231 g/mol. The molecule has 3 nitrogen and oxygen atoms in total. The summed E-state index contributed by atoms with van der Waals surface area (Å²) < 4.78 is 0. The Morgan fingerprint density at radius 1 is 1.47 bits per heavy atom. The number of aromatic nitrogens is 1. The lowest BCUT2D eigenvalue weighted by molar-refractivity contribution is 0.112. The van der Waals surface area contributed by atoms with Crippen LogP contribution in [0.5, 0.6) is 0 Å². The molecule has 0 aliphatic carbocycles. The topological polar surface area (TPSA) is 49.9 Å². The predicted octanol–water partition coefficient (Wildman–Crippen LogP) is 2.88. The average Bonchev–Trinajstić information content (AvgIpc) is 2.37. The largest absolute Gasteiger partial charge is 0.329 e. The van der Waals surface area contributed by atoms with E-state index in [9.17, 15) is 9.59 Å². The Labute approximate surface area is 101 Å². The van der Waals surface area contributed by atoms with Crippen molar-refractivity contribution in [3.8, 4) is 0 Å². The van der Waals surface area contributed by atoms with Crippen molar-refractivity contribution >= 4 is 6.29 Å². The Hall–Kier alpha value is -2.16. The number of pyridine rings is 1. The van der Waals surface area contributed by atoms with Crippen LogP contribution in [-0.4, -0.2) is 11.3 Å². The number of allylic oxidation sites excluding steroid dienone is 4. The van der Waals surface area contributed by atoms with E-state index in [2.05, 4.69) is 25.1 Å². The molecule has 1 heterocycles. The normalized spacial score (nSPS) is 9.82. The molecule has 0 aliphatic heterocycles. The van der Waals surface area contributed by atoms with E-state index in [1.807, 2.05) is 12.2 Å². The van der Waals surface area contributed by atoms with E-state index < -0.39 is 0 Å². The van der Waals surface area contributed by atoms with Crippen molar-refractivity contribution in [3.05, 3.63) is 71.2 Å². The molecule has 1 N–H and O–H groups in total. The lowest BCUT2D eigenvalue weighted by Gasteiger charge is -1.89. The predicted molar refractivity (Wildman–Crippen MR) is 71.2 cm³/mol. The minimum Gasteiger partial charge on any atom is -0.329 e. The van der Waals surface area contributed by atoms with Crippen LogP contribution in [0.15, 0.2) is 60.1 Å². The van der Waals surface area contributed by atoms with Gasteiger partial charge in [-0.1, -0.05) is 38.3 Å². The molecule has 1 aromatic rings. The number of H-pyrrole nitrogens is 1. The summed E-state index contributed by atoms with van der Waals surface area (Å²) in [5.41, 5.74) is 1.06. The molecular weight excluding hydrogens is 214 g/mol. The summed E-state index contributed by atoms with van der Waals surface area (Å²) in [5, 5.41) is 0. The third-order valence-electron chi connectivity index (χ3n) is 1.98. The summed E-state index contributed by atoms with van der Waals surface area (Å²) >= 11 is 0. The molecule has 0 amide bonds. The van der Waals surface area contributed by atoms with Crippen molar-refractivity contribution in [3.63, 3.8) is 0 Å². The van der Waals surface area contributed by atoms with Gasteiger partial charge in [0.2, 0.25) is 0 Å². The van der Waals surface area contributed by atoms with Crippen molar-refractivity contribution < 1.29 is 4.79 Å². The third kappa shape index (κ3) is 6.10. The number of aromatic amines is 1. The fourth-order valence-corrected chi connectivity index (χ4v) is 1.01. The lowest BCUT2D eigenvalue weighted by atomic mass is 10.2. The van der Waals surface area contributed by atoms with E-state index >= 15 is 0 Å². The molecule has 17 heavy (non-hydrogen) atoms. The number of hydrogen-bond acceptors (Lipinski definition) is 2. The monoisotopic (exact) mass is 231 g/mol. The summed E-state index contributed by atoms with van der Waals surface area (Å²) in [6.07, 6.45) is 8.64. The van der Waals surface area contributed by atoms with Crippen molar-refractivity contribution in [1.29, 1.82) is 0 Å². The standard InChI is InChI=1S/C8H12.C6H5NO2/c1-4-7-8(5-2)6-3;8-4-5-2-1-3-7-6(5)9/h4-5,7H,1-2,6H2,3H3;1-4H,(H,7,9)/b8-7+;. The smallest absolute Gasteiger partial charge is 0.258 e. The highest BCUT2D eigenvalue weighted by Crippen LogP contribution is 1.99. The molecular formula is C14H17NO2. The van der Waals surface area contributed by atoms with Gasteiger partial charge < -0.3 is 4.98 Å². The van der Waals surface area contributed by atoms with Crippen LogP contribution in [0.25, 0.3) is 0 Å². The number of nitrogens with one attached hydrogen (secondary N) is 1. The Morgan fingerprint density at radius 2 is 2.18 bits per heavy atom. The van der Waals surface area contributed by atoms with Gasteiger partial charge in [0.05, 0.1) is 5.56 Å². The highest BCUT2D eigenvalue weighted by Gasteiger charge is 1.90. The number of aldehydes is 1. The van der Waals surface area contributed by atoms with Gasteiger partial charge in [0.25, 0.3) is 5.56 Å².